The molecule has 41 heavy (non-hydrogen) atoms. The van der Waals surface area contributed by atoms with Crippen LogP contribution < -0.4 is 5.32 Å². The highest BCUT2D eigenvalue weighted by Gasteiger charge is 2.43. The Morgan fingerprint density at radius 3 is 2.54 bits per heavy atom. The predicted molar refractivity (Wildman–Crippen MR) is 148 cm³/mol. The predicted octanol–water partition coefficient (Wildman–Crippen LogP) is 3.30. The highest BCUT2D eigenvalue weighted by Crippen LogP contribution is 2.36. The minimum Gasteiger partial charge on any atom is -0.465 e. The molecular weight excluding hydrogens is 556 g/mol. The third kappa shape index (κ3) is 7.52. The van der Waals surface area contributed by atoms with Gasteiger partial charge in [-0.25, -0.2) is 23.0 Å². The fourth-order valence-electron chi connectivity index (χ4n) is 4.52. The Bertz CT molecular complexity index is 1460. The number of nitro benzene ring substituents is 1. The second-order valence-electron chi connectivity index (χ2n) is 9.59. The van der Waals surface area contributed by atoms with Crippen LogP contribution in [0, 0.1) is 16.0 Å². The van der Waals surface area contributed by atoms with Crippen molar-refractivity contribution in [3.63, 3.8) is 0 Å². The molecule has 0 spiro atoms. The summed E-state index contributed by atoms with van der Waals surface area (Å²) in [6, 6.07) is 9.82. The molecular formula is C27H32N4O9S. The van der Waals surface area contributed by atoms with E-state index in [1.54, 1.807) is 19.9 Å². The monoisotopic (exact) mass is 588 g/mol. The van der Waals surface area contributed by atoms with Crippen LogP contribution in [0.4, 0.5) is 10.5 Å². The van der Waals surface area contributed by atoms with E-state index in [1.165, 1.54) is 54.3 Å². The van der Waals surface area contributed by atoms with Crippen molar-refractivity contribution in [2.24, 2.45) is 10.9 Å². The van der Waals surface area contributed by atoms with Crippen molar-refractivity contribution in [2.75, 3.05) is 26.1 Å². The number of amides is 2. The van der Waals surface area contributed by atoms with Gasteiger partial charge in [0.1, 0.15) is 11.8 Å². The van der Waals surface area contributed by atoms with Gasteiger partial charge in [0.2, 0.25) is 0 Å². The number of carbonyl (C=O) groups is 3. The maximum Gasteiger partial charge on any atom is 0.344 e. The third-order valence-electron chi connectivity index (χ3n) is 6.32. The van der Waals surface area contributed by atoms with Crippen LogP contribution in [-0.2, 0) is 24.1 Å². The first kappa shape index (κ1) is 31.4. The summed E-state index contributed by atoms with van der Waals surface area (Å²) < 4.78 is 35.9. The van der Waals surface area contributed by atoms with Crippen LogP contribution in [0.15, 0.2) is 58.4 Å². The van der Waals surface area contributed by atoms with Crippen molar-refractivity contribution in [3.8, 4) is 0 Å². The molecule has 0 saturated heterocycles. The van der Waals surface area contributed by atoms with Crippen molar-refractivity contribution in [3.05, 3.63) is 69.8 Å². The number of nitro groups is 1. The average molecular weight is 589 g/mol. The van der Waals surface area contributed by atoms with Crippen molar-refractivity contribution >= 4 is 39.2 Å². The summed E-state index contributed by atoms with van der Waals surface area (Å²) in [7, 11) is -2.75. The summed E-state index contributed by atoms with van der Waals surface area (Å²) in [5.74, 6) is -2.88. The molecule has 2 unspecified atom stereocenters. The number of nitrogens with zero attached hydrogens (tertiary/aromatic N) is 3. The molecule has 2 aromatic carbocycles. The topological polar surface area (TPSA) is 175 Å². The third-order valence-corrected chi connectivity index (χ3v) is 7.93. The van der Waals surface area contributed by atoms with Gasteiger partial charge in [-0.1, -0.05) is 24.3 Å². The standard InChI is InChI=1S/C27H32N4O9S/c1-17(2)40-26(33)23-18(3)29-27(34)30(24(23)19-9-7-10-20(15-19)31(35)36)14-8-13-28-16-41(37,38)22-12-6-5-11-21(22)25(32)39-4/h5-7,9-12,15,17,23-24,28H,8,13-14,16H2,1-4H3. The Morgan fingerprint density at radius 2 is 1.88 bits per heavy atom. The lowest BCUT2D eigenvalue weighted by atomic mass is 9.86. The number of hydrogen-bond acceptors (Lipinski definition) is 10. The quantitative estimate of drug-likeness (QED) is 0.168. The Labute approximate surface area is 237 Å². The number of urea groups is 1. The molecule has 2 atom stereocenters. The van der Waals surface area contributed by atoms with Gasteiger partial charge in [-0.15, -0.1) is 0 Å². The van der Waals surface area contributed by atoms with Gasteiger partial charge >= 0.3 is 18.0 Å². The van der Waals surface area contributed by atoms with Gasteiger partial charge in [0.25, 0.3) is 5.69 Å². The van der Waals surface area contributed by atoms with E-state index >= 15 is 0 Å². The van der Waals surface area contributed by atoms with Crippen LogP contribution in [0.5, 0.6) is 0 Å². The number of methoxy groups -OCH3 is 1. The van der Waals surface area contributed by atoms with E-state index in [0.717, 1.165) is 7.11 Å². The molecule has 2 aromatic rings. The smallest absolute Gasteiger partial charge is 0.344 e. The number of benzene rings is 2. The summed E-state index contributed by atoms with van der Waals surface area (Å²) in [6.45, 7) is 5.10. The lowest BCUT2D eigenvalue weighted by molar-refractivity contribution is -0.385. The van der Waals surface area contributed by atoms with Gasteiger partial charge in [-0.3, -0.25) is 14.9 Å². The normalized spacial score (nSPS) is 17.2. The van der Waals surface area contributed by atoms with Crippen molar-refractivity contribution in [2.45, 2.75) is 44.2 Å². The lowest BCUT2D eigenvalue weighted by Gasteiger charge is -2.38. The molecule has 1 aliphatic rings. The molecule has 1 aliphatic heterocycles. The number of hydrogen-bond donors (Lipinski definition) is 1. The van der Waals surface area contributed by atoms with Gasteiger partial charge < -0.3 is 19.7 Å². The molecule has 1 N–H and O–H groups in total. The molecule has 1 heterocycles. The van der Waals surface area contributed by atoms with Crippen LogP contribution in [-0.4, -0.2) is 74.1 Å². The average Bonchev–Trinajstić information content (AvgIpc) is 2.92. The van der Waals surface area contributed by atoms with E-state index < -0.39 is 56.7 Å². The number of nitrogens with one attached hydrogen (secondary N) is 1. The number of non-ortho nitro benzene ring substituents is 1. The Kier molecular flexibility index (Phi) is 10.3. The fraction of sp³-hybridized carbons (Fsp3) is 0.407. The maximum atomic E-state index is 13.1. The zero-order valence-corrected chi connectivity index (χ0v) is 23.9. The summed E-state index contributed by atoms with van der Waals surface area (Å²) in [5.41, 5.74) is 0.303. The van der Waals surface area contributed by atoms with Gasteiger partial charge in [0, 0.05) is 24.4 Å². The molecule has 0 aliphatic carbocycles. The summed E-state index contributed by atoms with van der Waals surface area (Å²) >= 11 is 0. The maximum absolute atomic E-state index is 13.1. The first-order valence-corrected chi connectivity index (χ1v) is 14.4. The first-order valence-electron chi connectivity index (χ1n) is 12.8. The minimum absolute atomic E-state index is 0.0558. The SMILES string of the molecule is COC(=O)c1ccccc1S(=O)(=O)CNCCCN1C(=O)N=C(C)C(C(=O)OC(C)C)C1c1cccc([N+](=O)[O-])c1. The Balaban J connectivity index is 1.79. The Morgan fingerprint density at radius 1 is 1.17 bits per heavy atom. The van der Waals surface area contributed by atoms with E-state index in [2.05, 4.69) is 15.0 Å². The van der Waals surface area contributed by atoms with Gasteiger partial charge in [-0.05, 0) is 51.4 Å². The molecule has 0 aromatic heterocycles. The molecule has 0 fully saturated rings. The molecule has 13 nitrogen and oxygen atoms in total. The van der Waals surface area contributed by atoms with Gasteiger partial charge in [0.05, 0.1) is 34.6 Å². The van der Waals surface area contributed by atoms with Gasteiger partial charge in [0.15, 0.2) is 9.84 Å². The minimum atomic E-state index is -3.91. The zero-order valence-electron chi connectivity index (χ0n) is 23.1. The van der Waals surface area contributed by atoms with Crippen LogP contribution >= 0.6 is 0 Å². The molecule has 220 valence electrons. The second kappa shape index (κ2) is 13.5. The second-order valence-corrected chi connectivity index (χ2v) is 11.5. The number of carbonyl (C=O) groups excluding carboxylic acids is 3. The van der Waals surface area contributed by atoms with Crippen LogP contribution in [0.1, 0.15) is 49.2 Å². The van der Waals surface area contributed by atoms with Crippen LogP contribution in [0.25, 0.3) is 0 Å². The van der Waals surface area contributed by atoms with Crippen molar-refractivity contribution < 1.29 is 37.2 Å². The molecule has 2 amide bonds. The fourth-order valence-corrected chi connectivity index (χ4v) is 5.86. The van der Waals surface area contributed by atoms with Crippen molar-refractivity contribution in [1.82, 2.24) is 10.2 Å². The Hall–Kier alpha value is -4.17. The number of ether oxygens (including phenoxy) is 2. The molecule has 3 rings (SSSR count). The van der Waals surface area contributed by atoms with E-state index in [1.807, 2.05) is 0 Å². The number of esters is 2. The van der Waals surface area contributed by atoms with Crippen LogP contribution in [0.3, 0.4) is 0 Å². The van der Waals surface area contributed by atoms with Gasteiger partial charge in [-0.2, -0.15) is 0 Å². The lowest BCUT2D eigenvalue weighted by Crippen LogP contribution is -2.48. The molecule has 0 saturated carbocycles. The van der Waals surface area contributed by atoms with Crippen molar-refractivity contribution in [1.29, 1.82) is 0 Å². The zero-order chi connectivity index (χ0) is 30.3. The molecule has 14 heteroatoms. The first-order chi connectivity index (χ1) is 19.4. The number of aliphatic imine (C=N–C) groups is 1. The summed E-state index contributed by atoms with van der Waals surface area (Å²) in [4.78, 5) is 54.2. The summed E-state index contributed by atoms with van der Waals surface area (Å²) in [5, 5.41) is 14.3. The molecule has 0 bridgehead atoms. The van der Waals surface area contributed by atoms with E-state index in [4.69, 9.17) is 4.74 Å². The summed E-state index contributed by atoms with van der Waals surface area (Å²) in [6.07, 6.45) is -0.186. The molecule has 0 radical (unpaired) electrons. The van der Waals surface area contributed by atoms with E-state index in [9.17, 15) is 32.9 Å². The number of sulfone groups is 1. The van der Waals surface area contributed by atoms with E-state index in [-0.39, 0.29) is 41.4 Å². The van der Waals surface area contributed by atoms with E-state index in [0.29, 0.717) is 5.56 Å². The number of rotatable bonds is 12. The van der Waals surface area contributed by atoms with Crippen LogP contribution in [0.2, 0.25) is 0 Å². The largest absolute Gasteiger partial charge is 0.465 e. The highest BCUT2D eigenvalue weighted by molar-refractivity contribution is 7.91. The highest BCUT2D eigenvalue weighted by atomic mass is 32.2.